The summed E-state index contributed by atoms with van der Waals surface area (Å²) in [6, 6.07) is 8.62. The van der Waals surface area contributed by atoms with Gasteiger partial charge in [0.2, 0.25) is 0 Å². The van der Waals surface area contributed by atoms with Crippen molar-refractivity contribution in [1.82, 2.24) is 0 Å². The fourth-order valence-corrected chi connectivity index (χ4v) is 3.87. The van der Waals surface area contributed by atoms with Gasteiger partial charge in [-0.25, -0.2) is 9.59 Å². The zero-order valence-electron chi connectivity index (χ0n) is 18.0. The third kappa shape index (κ3) is 7.00. The summed E-state index contributed by atoms with van der Waals surface area (Å²) in [5.41, 5.74) is -0.211. The van der Waals surface area contributed by atoms with E-state index in [1.165, 1.54) is 0 Å². The first kappa shape index (κ1) is 23.1. The lowest BCUT2D eigenvalue weighted by atomic mass is 9.86. The van der Waals surface area contributed by atoms with Gasteiger partial charge in [0, 0.05) is 12.0 Å². The van der Waals surface area contributed by atoms with E-state index in [0.717, 1.165) is 19.3 Å². The van der Waals surface area contributed by atoms with Gasteiger partial charge in [-0.2, -0.15) is 0 Å². The molecule has 5 nitrogen and oxygen atoms in total. The van der Waals surface area contributed by atoms with Crippen LogP contribution in [-0.2, 0) is 14.3 Å². The lowest BCUT2D eigenvalue weighted by Crippen LogP contribution is -2.39. The highest BCUT2D eigenvalue weighted by Gasteiger charge is 2.44. The Morgan fingerprint density at radius 2 is 1.79 bits per heavy atom. The predicted molar refractivity (Wildman–Crippen MR) is 112 cm³/mol. The van der Waals surface area contributed by atoms with Crippen molar-refractivity contribution in [3.63, 3.8) is 0 Å². The highest BCUT2D eigenvalue weighted by molar-refractivity contribution is 5.92. The predicted octanol–water partition coefficient (Wildman–Crippen LogP) is 4.55. The van der Waals surface area contributed by atoms with Crippen LogP contribution in [0.2, 0.25) is 0 Å². The molecule has 1 aromatic carbocycles. The average Bonchev–Trinajstić information content (AvgIpc) is 3.00. The highest BCUT2D eigenvalue weighted by atomic mass is 16.6. The van der Waals surface area contributed by atoms with Crippen LogP contribution >= 0.6 is 0 Å². The summed E-state index contributed by atoms with van der Waals surface area (Å²) in [7, 11) is 0. The minimum atomic E-state index is -1.20. The number of benzene rings is 1. The van der Waals surface area contributed by atoms with Crippen molar-refractivity contribution < 1.29 is 24.2 Å². The second-order valence-corrected chi connectivity index (χ2v) is 8.94. The molecule has 1 saturated heterocycles. The lowest BCUT2D eigenvalue weighted by Gasteiger charge is -2.24. The van der Waals surface area contributed by atoms with Crippen LogP contribution < -0.4 is 0 Å². The average molecular weight is 403 g/mol. The highest BCUT2D eigenvalue weighted by Crippen LogP contribution is 2.33. The first-order chi connectivity index (χ1) is 13.7. The normalized spacial score (nSPS) is 20.7. The van der Waals surface area contributed by atoms with E-state index in [2.05, 4.69) is 27.7 Å². The number of esters is 2. The summed E-state index contributed by atoms with van der Waals surface area (Å²) in [5.74, 6) is 0.780. The summed E-state index contributed by atoms with van der Waals surface area (Å²) >= 11 is 0. The SMILES string of the molecule is CC(C)CC(C/C=C1\CC(CO)(COC(=O)c2ccccc2)OC1=O)CC(C)C. The Kier molecular flexibility index (Phi) is 8.45. The molecule has 1 aromatic rings. The maximum Gasteiger partial charge on any atom is 0.338 e. The van der Waals surface area contributed by atoms with Gasteiger partial charge in [-0.3, -0.25) is 0 Å². The summed E-state index contributed by atoms with van der Waals surface area (Å²) < 4.78 is 10.8. The molecule has 0 aromatic heterocycles. The molecule has 1 fully saturated rings. The van der Waals surface area contributed by atoms with E-state index in [1.807, 2.05) is 12.1 Å². The zero-order chi connectivity index (χ0) is 21.4. The maximum atomic E-state index is 12.4. The molecular formula is C24H34O5. The summed E-state index contributed by atoms with van der Waals surface area (Å²) in [5, 5.41) is 9.86. The van der Waals surface area contributed by atoms with Crippen LogP contribution in [0.3, 0.4) is 0 Å². The van der Waals surface area contributed by atoms with Crippen molar-refractivity contribution in [2.24, 2.45) is 17.8 Å². The molecule has 0 saturated carbocycles. The second-order valence-electron chi connectivity index (χ2n) is 8.94. The van der Waals surface area contributed by atoms with E-state index in [4.69, 9.17) is 9.47 Å². The summed E-state index contributed by atoms with van der Waals surface area (Å²) in [6.45, 7) is 8.29. The molecule has 1 unspecified atom stereocenters. The second kappa shape index (κ2) is 10.6. The number of aliphatic hydroxyl groups excluding tert-OH is 1. The minimum absolute atomic E-state index is 0.165. The first-order valence-electron chi connectivity index (χ1n) is 10.5. The van der Waals surface area contributed by atoms with Crippen LogP contribution in [0, 0.1) is 17.8 Å². The molecular weight excluding hydrogens is 368 g/mol. The topological polar surface area (TPSA) is 72.8 Å². The quantitative estimate of drug-likeness (QED) is 0.459. The molecule has 1 aliphatic heterocycles. The molecule has 0 radical (unpaired) electrons. The molecule has 29 heavy (non-hydrogen) atoms. The van der Waals surface area contributed by atoms with E-state index in [9.17, 15) is 14.7 Å². The van der Waals surface area contributed by atoms with E-state index in [0.29, 0.717) is 28.9 Å². The van der Waals surface area contributed by atoms with Crippen molar-refractivity contribution in [2.75, 3.05) is 13.2 Å². The Hall–Kier alpha value is -2.14. The molecule has 0 spiro atoms. The molecule has 5 heteroatoms. The molecule has 2 rings (SSSR count). The molecule has 0 bridgehead atoms. The van der Waals surface area contributed by atoms with Crippen LogP contribution in [0.5, 0.6) is 0 Å². The largest absolute Gasteiger partial charge is 0.458 e. The number of ether oxygens (including phenoxy) is 2. The number of aliphatic hydroxyl groups is 1. The van der Waals surface area contributed by atoms with Gasteiger partial charge >= 0.3 is 11.9 Å². The van der Waals surface area contributed by atoms with Gasteiger partial charge in [-0.15, -0.1) is 0 Å². The van der Waals surface area contributed by atoms with Gasteiger partial charge in [0.15, 0.2) is 5.60 Å². The number of allylic oxidation sites excluding steroid dienone is 1. The van der Waals surface area contributed by atoms with Gasteiger partial charge in [0.1, 0.15) is 6.61 Å². The number of hydrogen-bond acceptors (Lipinski definition) is 5. The van der Waals surface area contributed by atoms with Crippen molar-refractivity contribution in [3.05, 3.63) is 47.5 Å². The Labute approximate surface area is 174 Å². The van der Waals surface area contributed by atoms with Crippen LogP contribution in [0.1, 0.15) is 63.7 Å². The van der Waals surface area contributed by atoms with Crippen molar-refractivity contribution in [2.45, 2.75) is 59.0 Å². The maximum absolute atomic E-state index is 12.4. The third-order valence-corrected chi connectivity index (χ3v) is 5.16. The van der Waals surface area contributed by atoms with Gasteiger partial charge in [0.25, 0.3) is 0 Å². The lowest BCUT2D eigenvalue weighted by molar-refractivity contribution is -0.154. The van der Waals surface area contributed by atoms with Gasteiger partial charge < -0.3 is 14.6 Å². The Morgan fingerprint density at radius 3 is 2.34 bits per heavy atom. The Balaban J connectivity index is 2.01. The molecule has 1 atom stereocenters. The summed E-state index contributed by atoms with van der Waals surface area (Å²) in [6.07, 6.45) is 5.23. The molecule has 160 valence electrons. The first-order valence-corrected chi connectivity index (χ1v) is 10.5. The number of carbonyl (C=O) groups is 2. The van der Waals surface area contributed by atoms with E-state index in [-0.39, 0.29) is 19.6 Å². The van der Waals surface area contributed by atoms with Gasteiger partial charge in [-0.1, -0.05) is 52.0 Å². The van der Waals surface area contributed by atoms with Crippen molar-refractivity contribution >= 4 is 11.9 Å². The van der Waals surface area contributed by atoms with Gasteiger partial charge in [-0.05, 0) is 49.1 Å². The minimum Gasteiger partial charge on any atom is -0.458 e. The smallest absolute Gasteiger partial charge is 0.338 e. The molecule has 1 N–H and O–H groups in total. The monoisotopic (exact) mass is 402 g/mol. The number of hydrogen-bond donors (Lipinski definition) is 1. The Morgan fingerprint density at radius 1 is 1.17 bits per heavy atom. The van der Waals surface area contributed by atoms with Crippen molar-refractivity contribution in [1.29, 1.82) is 0 Å². The van der Waals surface area contributed by atoms with Crippen LogP contribution in [0.25, 0.3) is 0 Å². The standard InChI is InChI=1S/C24H34O5/c1-17(2)12-19(13-18(3)4)10-11-21-14-24(15-25,29-23(21)27)16-28-22(26)20-8-6-5-7-9-20/h5-9,11,17-19,25H,10,12-16H2,1-4H3/b21-11+. The van der Waals surface area contributed by atoms with Crippen molar-refractivity contribution in [3.8, 4) is 0 Å². The molecule has 1 heterocycles. The van der Waals surface area contributed by atoms with Gasteiger partial charge in [0.05, 0.1) is 12.2 Å². The van der Waals surface area contributed by atoms with Crippen LogP contribution in [0.15, 0.2) is 42.0 Å². The zero-order valence-corrected chi connectivity index (χ0v) is 18.0. The third-order valence-electron chi connectivity index (χ3n) is 5.16. The fourth-order valence-electron chi connectivity index (χ4n) is 3.87. The van der Waals surface area contributed by atoms with Crippen LogP contribution in [0.4, 0.5) is 0 Å². The van der Waals surface area contributed by atoms with E-state index < -0.39 is 17.5 Å². The number of rotatable bonds is 10. The molecule has 1 aliphatic rings. The summed E-state index contributed by atoms with van der Waals surface area (Å²) in [4.78, 5) is 24.6. The molecule has 0 aliphatic carbocycles. The fraction of sp³-hybridized carbons (Fsp3) is 0.583. The van der Waals surface area contributed by atoms with Crippen LogP contribution in [-0.4, -0.2) is 35.9 Å². The molecule has 0 amide bonds. The Bertz CT molecular complexity index is 697. The number of carbonyl (C=O) groups excluding carboxylic acids is 2. The number of cyclic esters (lactones) is 1. The van der Waals surface area contributed by atoms with E-state index >= 15 is 0 Å². The van der Waals surface area contributed by atoms with E-state index in [1.54, 1.807) is 24.3 Å².